The van der Waals surface area contributed by atoms with Gasteiger partial charge in [0.05, 0.1) is 5.52 Å². The standard InChI is InChI=1S/C9H8BNO3/c12-8-4-3-7(10(13)14)9-6(8)2-1-5-11-9/h1-5,12-14H. The van der Waals surface area contributed by atoms with E-state index in [4.69, 9.17) is 10.0 Å². The summed E-state index contributed by atoms with van der Waals surface area (Å²) in [6.07, 6.45) is 1.54. The normalized spacial score (nSPS) is 10.4. The number of hydrogen-bond acceptors (Lipinski definition) is 4. The lowest BCUT2D eigenvalue weighted by Crippen LogP contribution is -2.30. The van der Waals surface area contributed by atoms with Crippen LogP contribution in [0.25, 0.3) is 10.9 Å². The first kappa shape index (κ1) is 8.99. The highest BCUT2D eigenvalue weighted by Gasteiger charge is 2.16. The van der Waals surface area contributed by atoms with Crippen LogP contribution >= 0.6 is 0 Å². The second-order valence-electron chi connectivity index (χ2n) is 2.95. The number of hydrogen-bond donors (Lipinski definition) is 3. The second-order valence-corrected chi connectivity index (χ2v) is 2.95. The Kier molecular flexibility index (Phi) is 2.11. The number of benzene rings is 1. The number of pyridine rings is 1. The van der Waals surface area contributed by atoms with Gasteiger partial charge in [0.25, 0.3) is 0 Å². The first-order valence-corrected chi connectivity index (χ1v) is 4.13. The molecule has 0 aliphatic carbocycles. The Morgan fingerprint density at radius 2 is 1.93 bits per heavy atom. The molecule has 1 heterocycles. The van der Waals surface area contributed by atoms with Gasteiger partial charge in [0.2, 0.25) is 0 Å². The van der Waals surface area contributed by atoms with Crippen molar-refractivity contribution in [3.63, 3.8) is 0 Å². The molecule has 0 atom stereocenters. The Morgan fingerprint density at radius 3 is 2.64 bits per heavy atom. The molecule has 3 N–H and O–H groups in total. The van der Waals surface area contributed by atoms with E-state index in [-0.39, 0.29) is 5.75 Å². The summed E-state index contributed by atoms with van der Waals surface area (Å²) in [5, 5.41) is 28.1. The fourth-order valence-electron chi connectivity index (χ4n) is 1.39. The predicted molar refractivity (Wildman–Crippen MR) is 53.2 cm³/mol. The fourth-order valence-corrected chi connectivity index (χ4v) is 1.39. The topological polar surface area (TPSA) is 73.6 Å². The van der Waals surface area contributed by atoms with Crippen LogP contribution in [0, 0.1) is 0 Å². The lowest BCUT2D eigenvalue weighted by atomic mass is 9.78. The van der Waals surface area contributed by atoms with E-state index in [0.29, 0.717) is 16.4 Å². The molecule has 0 aliphatic rings. The zero-order chi connectivity index (χ0) is 10.1. The van der Waals surface area contributed by atoms with Gasteiger partial charge >= 0.3 is 7.12 Å². The van der Waals surface area contributed by atoms with Gasteiger partial charge in [0.15, 0.2) is 0 Å². The Morgan fingerprint density at radius 1 is 1.14 bits per heavy atom. The number of aromatic hydroxyl groups is 1. The van der Waals surface area contributed by atoms with Crippen molar-refractivity contribution in [2.24, 2.45) is 0 Å². The van der Waals surface area contributed by atoms with E-state index in [1.54, 1.807) is 12.1 Å². The minimum absolute atomic E-state index is 0.0810. The number of nitrogens with zero attached hydrogens (tertiary/aromatic N) is 1. The number of phenolic OH excluding ortho intramolecular Hbond substituents is 1. The van der Waals surface area contributed by atoms with Crippen LogP contribution in [0.3, 0.4) is 0 Å². The molecule has 0 saturated carbocycles. The minimum Gasteiger partial charge on any atom is -0.507 e. The predicted octanol–water partition coefficient (Wildman–Crippen LogP) is -0.380. The van der Waals surface area contributed by atoms with Gasteiger partial charge in [-0.2, -0.15) is 0 Å². The molecule has 0 unspecified atom stereocenters. The van der Waals surface area contributed by atoms with Crippen LogP contribution in [0.5, 0.6) is 5.75 Å². The molecular formula is C9H8BNO3. The second kappa shape index (κ2) is 3.28. The zero-order valence-electron chi connectivity index (χ0n) is 7.25. The summed E-state index contributed by atoms with van der Waals surface area (Å²) in [5.41, 5.74) is 0.695. The van der Waals surface area contributed by atoms with E-state index < -0.39 is 7.12 Å². The van der Waals surface area contributed by atoms with Gasteiger partial charge in [0, 0.05) is 17.0 Å². The van der Waals surface area contributed by atoms with E-state index in [1.165, 1.54) is 18.3 Å². The number of fused-ring (bicyclic) bond motifs is 1. The van der Waals surface area contributed by atoms with Gasteiger partial charge in [-0.3, -0.25) is 4.98 Å². The van der Waals surface area contributed by atoms with Crippen molar-refractivity contribution < 1.29 is 15.2 Å². The molecule has 0 aliphatic heterocycles. The van der Waals surface area contributed by atoms with Gasteiger partial charge in [-0.25, -0.2) is 0 Å². The third kappa shape index (κ3) is 1.32. The monoisotopic (exact) mass is 189 g/mol. The summed E-state index contributed by atoms with van der Waals surface area (Å²) >= 11 is 0. The van der Waals surface area contributed by atoms with Crippen molar-refractivity contribution in [3.8, 4) is 5.75 Å². The third-order valence-corrected chi connectivity index (χ3v) is 2.06. The first-order chi connectivity index (χ1) is 6.70. The van der Waals surface area contributed by atoms with Gasteiger partial charge in [-0.15, -0.1) is 0 Å². The molecule has 0 fully saturated rings. The van der Waals surface area contributed by atoms with E-state index in [2.05, 4.69) is 4.98 Å². The Bertz CT molecular complexity index is 473. The molecule has 2 aromatic rings. The van der Waals surface area contributed by atoms with Crippen molar-refractivity contribution in [1.29, 1.82) is 0 Å². The molecule has 5 heteroatoms. The molecule has 2 rings (SSSR count). The maximum Gasteiger partial charge on any atom is 0.490 e. The molecule has 0 amide bonds. The maximum absolute atomic E-state index is 9.47. The molecule has 0 bridgehead atoms. The van der Waals surface area contributed by atoms with Gasteiger partial charge in [-0.05, 0) is 18.2 Å². The molecule has 0 spiro atoms. The summed E-state index contributed by atoms with van der Waals surface area (Å²) in [6.45, 7) is 0. The largest absolute Gasteiger partial charge is 0.507 e. The average molecular weight is 189 g/mol. The van der Waals surface area contributed by atoms with E-state index in [9.17, 15) is 5.11 Å². The summed E-state index contributed by atoms with van der Waals surface area (Å²) in [4.78, 5) is 3.98. The molecule has 1 aromatic heterocycles. The fraction of sp³-hybridized carbons (Fsp3) is 0. The van der Waals surface area contributed by atoms with Crippen LogP contribution in [0.4, 0.5) is 0 Å². The SMILES string of the molecule is OB(O)c1ccc(O)c2cccnc12. The molecule has 70 valence electrons. The lowest BCUT2D eigenvalue weighted by molar-refractivity contribution is 0.426. The number of aromatic nitrogens is 1. The van der Waals surface area contributed by atoms with Crippen molar-refractivity contribution >= 4 is 23.5 Å². The van der Waals surface area contributed by atoms with Crippen LogP contribution in [-0.2, 0) is 0 Å². The molecule has 0 saturated heterocycles. The van der Waals surface area contributed by atoms with E-state index in [1.807, 2.05) is 0 Å². The number of phenols is 1. The zero-order valence-corrected chi connectivity index (χ0v) is 7.25. The van der Waals surface area contributed by atoms with Crippen LogP contribution in [-0.4, -0.2) is 27.3 Å². The number of rotatable bonds is 1. The van der Waals surface area contributed by atoms with Crippen molar-refractivity contribution in [3.05, 3.63) is 30.5 Å². The minimum atomic E-state index is -1.58. The van der Waals surface area contributed by atoms with Crippen LogP contribution in [0.15, 0.2) is 30.5 Å². The molecule has 1 aromatic carbocycles. The van der Waals surface area contributed by atoms with Gasteiger partial charge in [-0.1, -0.05) is 6.07 Å². The highest BCUT2D eigenvalue weighted by Crippen LogP contribution is 2.20. The van der Waals surface area contributed by atoms with Crippen LogP contribution in [0.2, 0.25) is 0 Å². The Hall–Kier alpha value is -1.59. The molecular weight excluding hydrogens is 181 g/mol. The third-order valence-electron chi connectivity index (χ3n) is 2.06. The molecule has 4 nitrogen and oxygen atoms in total. The summed E-state index contributed by atoms with van der Waals surface area (Å²) in [6, 6.07) is 6.20. The highest BCUT2D eigenvalue weighted by atomic mass is 16.4. The van der Waals surface area contributed by atoms with Crippen molar-refractivity contribution in [2.45, 2.75) is 0 Å². The lowest BCUT2D eigenvalue weighted by Gasteiger charge is -2.05. The van der Waals surface area contributed by atoms with Crippen LogP contribution in [0.1, 0.15) is 0 Å². The van der Waals surface area contributed by atoms with Crippen molar-refractivity contribution in [1.82, 2.24) is 4.98 Å². The maximum atomic E-state index is 9.47. The summed E-state index contributed by atoms with van der Waals surface area (Å²) in [7, 11) is -1.58. The van der Waals surface area contributed by atoms with Crippen molar-refractivity contribution in [2.75, 3.05) is 0 Å². The van der Waals surface area contributed by atoms with Gasteiger partial charge in [0.1, 0.15) is 5.75 Å². The summed E-state index contributed by atoms with van der Waals surface area (Å²) < 4.78 is 0. The first-order valence-electron chi connectivity index (χ1n) is 4.13. The Labute approximate surface area is 80.6 Å². The van der Waals surface area contributed by atoms with E-state index in [0.717, 1.165) is 0 Å². The highest BCUT2D eigenvalue weighted by molar-refractivity contribution is 6.61. The van der Waals surface area contributed by atoms with E-state index >= 15 is 0 Å². The molecule has 14 heavy (non-hydrogen) atoms. The smallest absolute Gasteiger partial charge is 0.490 e. The summed E-state index contributed by atoms with van der Waals surface area (Å²) in [5.74, 6) is 0.0810. The average Bonchev–Trinajstić information content (AvgIpc) is 2.18. The molecule has 0 radical (unpaired) electrons. The Balaban J connectivity index is 2.82. The van der Waals surface area contributed by atoms with Gasteiger partial charge < -0.3 is 15.2 Å². The quantitative estimate of drug-likeness (QED) is 0.534. The van der Waals surface area contributed by atoms with Crippen LogP contribution < -0.4 is 5.46 Å².